The normalized spacial score (nSPS) is 25.6. The van der Waals surface area contributed by atoms with Crippen molar-refractivity contribution in [2.75, 3.05) is 24.6 Å². The van der Waals surface area contributed by atoms with E-state index in [2.05, 4.69) is 20.2 Å². The number of rotatable bonds is 3. The maximum absolute atomic E-state index is 12.7. The maximum Gasteiger partial charge on any atom is 0.254 e. The lowest BCUT2D eigenvalue weighted by atomic mass is 10.0. The van der Waals surface area contributed by atoms with Gasteiger partial charge in [0, 0.05) is 24.0 Å². The van der Waals surface area contributed by atoms with Crippen molar-refractivity contribution in [3.8, 4) is 0 Å². The molecule has 0 radical (unpaired) electrons. The number of amides is 1. The summed E-state index contributed by atoms with van der Waals surface area (Å²) >= 11 is 0. The molecule has 1 aromatic heterocycles. The molecule has 1 N–H and O–H groups in total. The summed E-state index contributed by atoms with van der Waals surface area (Å²) < 4.78 is 5.84. The van der Waals surface area contributed by atoms with Gasteiger partial charge in [-0.3, -0.25) is 4.79 Å². The molecule has 1 aliphatic heterocycles. The first-order valence-electron chi connectivity index (χ1n) is 8.48. The third-order valence-corrected chi connectivity index (χ3v) is 4.70. The van der Waals surface area contributed by atoms with Gasteiger partial charge in [-0.25, -0.2) is 9.97 Å². The van der Waals surface area contributed by atoms with Crippen LogP contribution in [0.2, 0.25) is 0 Å². The highest BCUT2D eigenvalue weighted by Crippen LogP contribution is 2.24. The number of morpholine rings is 1. The number of nitrogens with zero attached hydrogens (tertiary/aromatic N) is 3. The van der Waals surface area contributed by atoms with Crippen LogP contribution in [0.3, 0.4) is 0 Å². The van der Waals surface area contributed by atoms with E-state index in [4.69, 9.17) is 4.74 Å². The number of carbonyl (C=O) groups is 1. The standard InChI is InChI=1S/C17H26N4O2/c1-12-10-13(2)19-16(18-12)21-8-9-23-17(3,11-21)15(22)20-14-6-4-5-7-14/h10,14H,4-9,11H2,1-3H3,(H,20,22). The van der Waals surface area contributed by atoms with E-state index in [-0.39, 0.29) is 5.91 Å². The van der Waals surface area contributed by atoms with Gasteiger partial charge >= 0.3 is 0 Å². The maximum atomic E-state index is 12.7. The van der Waals surface area contributed by atoms with Crippen molar-refractivity contribution in [2.45, 2.75) is 58.1 Å². The van der Waals surface area contributed by atoms with Gasteiger partial charge in [0.05, 0.1) is 13.2 Å². The molecule has 1 amide bonds. The topological polar surface area (TPSA) is 67.4 Å². The van der Waals surface area contributed by atoms with Crippen molar-refractivity contribution in [3.05, 3.63) is 17.5 Å². The summed E-state index contributed by atoms with van der Waals surface area (Å²) in [6.45, 7) is 7.48. The number of ether oxygens (including phenoxy) is 1. The minimum absolute atomic E-state index is 0.0153. The van der Waals surface area contributed by atoms with Crippen LogP contribution in [0.5, 0.6) is 0 Å². The number of hydrogen-bond acceptors (Lipinski definition) is 5. The number of aryl methyl sites for hydroxylation is 2. The Morgan fingerprint density at radius 1 is 1.30 bits per heavy atom. The van der Waals surface area contributed by atoms with Gasteiger partial charge in [0.25, 0.3) is 5.91 Å². The molecule has 0 spiro atoms. The molecule has 6 nitrogen and oxygen atoms in total. The van der Waals surface area contributed by atoms with Crippen LogP contribution in [-0.4, -0.2) is 47.2 Å². The molecule has 3 rings (SSSR count). The minimum atomic E-state index is -0.845. The Labute approximate surface area is 137 Å². The van der Waals surface area contributed by atoms with E-state index in [1.807, 2.05) is 26.8 Å². The Morgan fingerprint density at radius 3 is 2.61 bits per heavy atom. The molecular weight excluding hydrogens is 292 g/mol. The van der Waals surface area contributed by atoms with Crippen molar-refractivity contribution in [1.82, 2.24) is 15.3 Å². The summed E-state index contributed by atoms with van der Waals surface area (Å²) in [6, 6.07) is 2.26. The van der Waals surface area contributed by atoms with Crippen LogP contribution in [0.4, 0.5) is 5.95 Å². The van der Waals surface area contributed by atoms with Gasteiger partial charge in [0.1, 0.15) is 0 Å². The second kappa shape index (κ2) is 6.43. The molecule has 1 saturated heterocycles. The summed E-state index contributed by atoms with van der Waals surface area (Å²) in [7, 11) is 0. The SMILES string of the molecule is Cc1cc(C)nc(N2CCOC(C)(C(=O)NC3CCCC3)C2)n1. The molecule has 0 aromatic carbocycles. The number of hydrogen-bond donors (Lipinski definition) is 1. The fourth-order valence-electron chi connectivity index (χ4n) is 3.44. The predicted octanol–water partition coefficient (Wildman–Crippen LogP) is 1.75. The van der Waals surface area contributed by atoms with Crippen molar-refractivity contribution in [3.63, 3.8) is 0 Å². The Bertz CT molecular complexity index is 566. The summed E-state index contributed by atoms with van der Waals surface area (Å²) in [5.74, 6) is 0.671. The first-order chi connectivity index (χ1) is 11.0. The Hall–Kier alpha value is -1.69. The van der Waals surface area contributed by atoms with Gasteiger partial charge in [-0.15, -0.1) is 0 Å². The smallest absolute Gasteiger partial charge is 0.254 e. The molecule has 0 bridgehead atoms. The number of anilines is 1. The summed E-state index contributed by atoms with van der Waals surface area (Å²) in [5, 5.41) is 3.15. The molecule has 23 heavy (non-hydrogen) atoms. The first kappa shape index (κ1) is 16.2. The van der Waals surface area contributed by atoms with Crippen LogP contribution >= 0.6 is 0 Å². The predicted molar refractivity (Wildman–Crippen MR) is 88.5 cm³/mol. The van der Waals surface area contributed by atoms with Gasteiger partial charge in [-0.2, -0.15) is 0 Å². The lowest BCUT2D eigenvalue weighted by molar-refractivity contribution is -0.147. The quantitative estimate of drug-likeness (QED) is 0.919. The van der Waals surface area contributed by atoms with Gasteiger partial charge in [0.2, 0.25) is 5.95 Å². The van der Waals surface area contributed by atoms with E-state index in [0.29, 0.717) is 31.7 Å². The highest BCUT2D eigenvalue weighted by Gasteiger charge is 2.41. The minimum Gasteiger partial charge on any atom is -0.362 e. The van der Waals surface area contributed by atoms with Gasteiger partial charge < -0.3 is 15.0 Å². The second-order valence-electron chi connectivity index (χ2n) is 6.91. The Kier molecular flexibility index (Phi) is 4.53. The Morgan fingerprint density at radius 2 is 1.96 bits per heavy atom. The van der Waals surface area contributed by atoms with Crippen molar-refractivity contribution < 1.29 is 9.53 Å². The summed E-state index contributed by atoms with van der Waals surface area (Å²) in [6.07, 6.45) is 4.55. The largest absolute Gasteiger partial charge is 0.362 e. The lowest BCUT2D eigenvalue weighted by Gasteiger charge is -2.39. The highest BCUT2D eigenvalue weighted by atomic mass is 16.5. The molecule has 1 aromatic rings. The summed E-state index contributed by atoms with van der Waals surface area (Å²) in [4.78, 5) is 23.8. The fourth-order valence-corrected chi connectivity index (χ4v) is 3.44. The highest BCUT2D eigenvalue weighted by molar-refractivity contribution is 5.86. The first-order valence-corrected chi connectivity index (χ1v) is 8.48. The van der Waals surface area contributed by atoms with Crippen LogP contribution in [-0.2, 0) is 9.53 Å². The number of aromatic nitrogens is 2. The van der Waals surface area contributed by atoms with E-state index >= 15 is 0 Å². The van der Waals surface area contributed by atoms with E-state index in [0.717, 1.165) is 24.2 Å². The Balaban J connectivity index is 1.72. The van der Waals surface area contributed by atoms with Crippen molar-refractivity contribution >= 4 is 11.9 Å². The van der Waals surface area contributed by atoms with Crippen LogP contribution < -0.4 is 10.2 Å². The van der Waals surface area contributed by atoms with Crippen LogP contribution in [0.15, 0.2) is 6.07 Å². The molecule has 1 unspecified atom stereocenters. The van der Waals surface area contributed by atoms with E-state index < -0.39 is 5.60 Å². The third kappa shape index (κ3) is 3.63. The van der Waals surface area contributed by atoms with Crippen molar-refractivity contribution in [1.29, 1.82) is 0 Å². The molecular formula is C17H26N4O2. The molecule has 2 fully saturated rings. The fraction of sp³-hybridized carbons (Fsp3) is 0.706. The molecule has 1 saturated carbocycles. The monoisotopic (exact) mass is 318 g/mol. The second-order valence-corrected chi connectivity index (χ2v) is 6.91. The van der Waals surface area contributed by atoms with Gasteiger partial charge in [0.15, 0.2) is 5.60 Å². The molecule has 2 aliphatic rings. The van der Waals surface area contributed by atoms with Crippen molar-refractivity contribution in [2.24, 2.45) is 0 Å². The average Bonchev–Trinajstić information content (AvgIpc) is 2.99. The van der Waals surface area contributed by atoms with Gasteiger partial charge in [-0.1, -0.05) is 12.8 Å². The summed E-state index contributed by atoms with van der Waals surface area (Å²) in [5.41, 5.74) is 1.04. The third-order valence-electron chi connectivity index (χ3n) is 4.70. The van der Waals surface area contributed by atoms with Crippen LogP contribution in [0.25, 0.3) is 0 Å². The van der Waals surface area contributed by atoms with E-state index in [1.54, 1.807) is 0 Å². The van der Waals surface area contributed by atoms with E-state index in [9.17, 15) is 4.79 Å². The van der Waals surface area contributed by atoms with Crippen LogP contribution in [0, 0.1) is 13.8 Å². The van der Waals surface area contributed by atoms with E-state index in [1.165, 1.54) is 12.8 Å². The molecule has 1 aliphatic carbocycles. The number of carbonyl (C=O) groups excluding carboxylic acids is 1. The zero-order valence-corrected chi connectivity index (χ0v) is 14.3. The van der Waals surface area contributed by atoms with Crippen LogP contribution in [0.1, 0.15) is 44.0 Å². The molecule has 6 heteroatoms. The molecule has 1 atom stereocenters. The molecule has 2 heterocycles. The average molecular weight is 318 g/mol. The number of nitrogens with one attached hydrogen (secondary N) is 1. The lowest BCUT2D eigenvalue weighted by Crippen LogP contribution is -2.59. The zero-order chi connectivity index (χ0) is 16.4. The van der Waals surface area contributed by atoms with Gasteiger partial charge in [-0.05, 0) is 39.7 Å². The zero-order valence-electron chi connectivity index (χ0n) is 14.3. The molecule has 126 valence electrons.